The van der Waals surface area contributed by atoms with Crippen molar-refractivity contribution in [3.8, 4) is 0 Å². The van der Waals surface area contributed by atoms with Crippen molar-refractivity contribution in [2.75, 3.05) is 33.2 Å². The lowest BCUT2D eigenvalue weighted by atomic mass is 10.1. The number of fused-ring (bicyclic) bond motifs is 1. The maximum absolute atomic E-state index is 12.6. The molecule has 5 nitrogen and oxygen atoms in total. The average molecular weight is 256 g/mol. The summed E-state index contributed by atoms with van der Waals surface area (Å²) in [6.45, 7) is 3.38. The van der Waals surface area contributed by atoms with E-state index in [2.05, 4.69) is 21.9 Å². The Balaban J connectivity index is 1.93. The summed E-state index contributed by atoms with van der Waals surface area (Å²) in [4.78, 5) is 25.2. The van der Waals surface area contributed by atoms with E-state index in [1.807, 2.05) is 23.1 Å². The molecular formula is C14H16N4O. The molecule has 0 unspecified atom stereocenters. The summed E-state index contributed by atoms with van der Waals surface area (Å²) < 4.78 is 0. The summed E-state index contributed by atoms with van der Waals surface area (Å²) in [6.07, 6.45) is 3.27. The van der Waals surface area contributed by atoms with Crippen LogP contribution in [0.2, 0.25) is 0 Å². The summed E-state index contributed by atoms with van der Waals surface area (Å²) >= 11 is 0. The third kappa shape index (κ3) is 2.29. The van der Waals surface area contributed by atoms with Crippen molar-refractivity contribution in [1.29, 1.82) is 0 Å². The number of nitrogens with zero attached hydrogens (tertiary/aromatic N) is 4. The number of likely N-dealkylation sites (N-methyl/N-ethyl adjacent to an activating group) is 1. The average Bonchev–Trinajstić information content (AvgIpc) is 2.47. The molecule has 0 aliphatic carbocycles. The molecule has 0 spiro atoms. The number of carbonyl (C=O) groups excluding carboxylic acids is 1. The molecule has 3 rings (SSSR count). The van der Waals surface area contributed by atoms with Gasteiger partial charge < -0.3 is 9.80 Å². The van der Waals surface area contributed by atoms with Crippen molar-refractivity contribution < 1.29 is 4.79 Å². The molecule has 0 radical (unpaired) electrons. The number of hydrogen-bond donors (Lipinski definition) is 0. The van der Waals surface area contributed by atoms with E-state index in [4.69, 9.17) is 0 Å². The number of hydrogen-bond acceptors (Lipinski definition) is 4. The zero-order chi connectivity index (χ0) is 13.2. The van der Waals surface area contributed by atoms with E-state index in [1.54, 1.807) is 12.4 Å². The summed E-state index contributed by atoms with van der Waals surface area (Å²) in [6, 6.07) is 5.57. The Kier molecular flexibility index (Phi) is 3.13. The molecule has 2 aromatic rings. The van der Waals surface area contributed by atoms with Gasteiger partial charge in [-0.1, -0.05) is 6.07 Å². The molecule has 19 heavy (non-hydrogen) atoms. The largest absolute Gasteiger partial charge is 0.336 e. The Bertz CT molecular complexity index is 600. The molecule has 1 saturated heterocycles. The fraction of sp³-hybridized carbons (Fsp3) is 0.357. The van der Waals surface area contributed by atoms with E-state index in [-0.39, 0.29) is 5.91 Å². The summed E-state index contributed by atoms with van der Waals surface area (Å²) in [5.74, 6) is 0.0548. The van der Waals surface area contributed by atoms with Crippen LogP contribution in [0.1, 0.15) is 10.4 Å². The van der Waals surface area contributed by atoms with Crippen LogP contribution in [0, 0.1) is 0 Å². The van der Waals surface area contributed by atoms with E-state index in [9.17, 15) is 4.79 Å². The second-order valence-corrected chi connectivity index (χ2v) is 4.83. The fourth-order valence-electron chi connectivity index (χ4n) is 2.35. The first-order chi connectivity index (χ1) is 9.25. The lowest BCUT2D eigenvalue weighted by Gasteiger charge is -2.32. The van der Waals surface area contributed by atoms with Crippen LogP contribution in [0.4, 0.5) is 0 Å². The molecule has 1 amide bonds. The molecule has 1 aliphatic heterocycles. The van der Waals surface area contributed by atoms with Gasteiger partial charge in [0.1, 0.15) is 5.52 Å². The Morgan fingerprint density at radius 3 is 2.63 bits per heavy atom. The number of rotatable bonds is 1. The molecular weight excluding hydrogens is 240 g/mol. The highest BCUT2D eigenvalue weighted by Crippen LogP contribution is 2.16. The number of benzene rings is 1. The molecule has 0 bridgehead atoms. The van der Waals surface area contributed by atoms with Crippen molar-refractivity contribution in [2.24, 2.45) is 0 Å². The Labute approximate surface area is 111 Å². The summed E-state index contributed by atoms with van der Waals surface area (Å²) in [5.41, 5.74) is 2.10. The number of carbonyl (C=O) groups is 1. The molecule has 1 aromatic carbocycles. The number of para-hydroxylation sites is 1. The predicted octanol–water partition coefficient (Wildman–Crippen LogP) is 1.02. The smallest absolute Gasteiger partial charge is 0.256 e. The molecule has 1 fully saturated rings. The van der Waals surface area contributed by atoms with Crippen molar-refractivity contribution in [3.05, 3.63) is 36.2 Å². The van der Waals surface area contributed by atoms with Gasteiger partial charge in [0, 0.05) is 38.6 Å². The molecule has 0 atom stereocenters. The molecule has 5 heteroatoms. The Morgan fingerprint density at radius 2 is 1.84 bits per heavy atom. The van der Waals surface area contributed by atoms with Crippen LogP contribution in [0.5, 0.6) is 0 Å². The standard InChI is InChI=1S/C14H16N4O/c1-17-7-9-18(10-8-17)14(19)11-3-2-4-12-13(11)16-6-5-15-12/h2-6H,7-10H2,1H3. The van der Waals surface area contributed by atoms with Crippen LogP contribution in [-0.4, -0.2) is 58.9 Å². The van der Waals surface area contributed by atoms with Crippen LogP contribution in [0.15, 0.2) is 30.6 Å². The van der Waals surface area contributed by atoms with E-state index in [1.165, 1.54) is 0 Å². The highest BCUT2D eigenvalue weighted by molar-refractivity contribution is 6.04. The normalized spacial score (nSPS) is 16.8. The first-order valence-corrected chi connectivity index (χ1v) is 6.43. The Morgan fingerprint density at radius 1 is 1.11 bits per heavy atom. The van der Waals surface area contributed by atoms with Gasteiger partial charge in [0.05, 0.1) is 11.1 Å². The van der Waals surface area contributed by atoms with Gasteiger partial charge in [0.25, 0.3) is 5.91 Å². The third-order valence-corrected chi connectivity index (χ3v) is 3.52. The number of amides is 1. The van der Waals surface area contributed by atoms with Crippen molar-refractivity contribution in [2.45, 2.75) is 0 Å². The lowest BCUT2D eigenvalue weighted by Crippen LogP contribution is -2.47. The minimum absolute atomic E-state index is 0.0548. The molecule has 98 valence electrons. The SMILES string of the molecule is CN1CCN(C(=O)c2cccc3nccnc23)CC1. The van der Waals surface area contributed by atoms with Crippen molar-refractivity contribution >= 4 is 16.9 Å². The van der Waals surface area contributed by atoms with Crippen molar-refractivity contribution in [1.82, 2.24) is 19.8 Å². The summed E-state index contributed by atoms with van der Waals surface area (Å²) in [7, 11) is 2.07. The topological polar surface area (TPSA) is 49.3 Å². The van der Waals surface area contributed by atoms with Crippen LogP contribution < -0.4 is 0 Å². The van der Waals surface area contributed by atoms with Crippen LogP contribution in [0.3, 0.4) is 0 Å². The highest BCUT2D eigenvalue weighted by Gasteiger charge is 2.22. The van der Waals surface area contributed by atoms with Gasteiger partial charge in [-0.2, -0.15) is 0 Å². The minimum atomic E-state index is 0.0548. The van der Waals surface area contributed by atoms with Gasteiger partial charge in [-0.05, 0) is 19.2 Å². The number of piperazine rings is 1. The van der Waals surface area contributed by atoms with E-state index in [0.29, 0.717) is 11.1 Å². The number of aromatic nitrogens is 2. The molecule has 0 saturated carbocycles. The Hall–Kier alpha value is -2.01. The van der Waals surface area contributed by atoms with Crippen LogP contribution in [0.25, 0.3) is 11.0 Å². The highest BCUT2D eigenvalue weighted by atomic mass is 16.2. The van der Waals surface area contributed by atoms with E-state index < -0.39 is 0 Å². The van der Waals surface area contributed by atoms with Gasteiger partial charge in [0.2, 0.25) is 0 Å². The zero-order valence-corrected chi connectivity index (χ0v) is 10.9. The quantitative estimate of drug-likeness (QED) is 0.764. The van der Waals surface area contributed by atoms with E-state index >= 15 is 0 Å². The molecule has 0 N–H and O–H groups in total. The second-order valence-electron chi connectivity index (χ2n) is 4.83. The first kappa shape index (κ1) is 12.0. The second kappa shape index (κ2) is 4.93. The van der Waals surface area contributed by atoms with Crippen molar-refractivity contribution in [3.63, 3.8) is 0 Å². The molecule has 1 aromatic heterocycles. The van der Waals surface area contributed by atoms with Gasteiger partial charge in [0.15, 0.2) is 0 Å². The third-order valence-electron chi connectivity index (χ3n) is 3.52. The monoisotopic (exact) mass is 256 g/mol. The maximum Gasteiger partial charge on any atom is 0.256 e. The zero-order valence-electron chi connectivity index (χ0n) is 10.9. The predicted molar refractivity (Wildman–Crippen MR) is 72.9 cm³/mol. The van der Waals surface area contributed by atoms with Gasteiger partial charge in [-0.25, -0.2) is 0 Å². The van der Waals surface area contributed by atoms with Gasteiger partial charge in [-0.15, -0.1) is 0 Å². The van der Waals surface area contributed by atoms with Crippen LogP contribution in [-0.2, 0) is 0 Å². The maximum atomic E-state index is 12.6. The van der Waals surface area contributed by atoms with Crippen LogP contribution >= 0.6 is 0 Å². The first-order valence-electron chi connectivity index (χ1n) is 6.43. The van der Waals surface area contributed by atoms with E-state index in [0.717, 1.165) is 31.7 Å². The van der Waals surface area contributed by atoms with Gasteiger partial charge in [-0.3, -0.25) is 14.8 Å². The van der Waals surface area contributed by atoms with Gasteiger partial charge >= 0.3 is 0 Å². The molecule has 2 heterocycles. The fourth-order valence-corrected chi connectivity index (χ4v) is 2.35. The lowest BCUT2D eigenvalue weighted by molar-refractivity contribution is 0.0666. The molecule has 1 aliphatic rings. The summed E-state index contributed by atoms with van der Waals surface area (Å²) in [5, 5.41) is 0. The minimum Gasteiger partial charge on any atom is -0.336 e.